The molecule has 0 N–H and O–H groups in total. The highest BCUT2D eigenvalue weighted by molar-refractivity contribution is 5.72. The Morgan fingerprint density at radius 3 is 2.86 bits per heavy atom. The van der Waals surface area contributed by atoms with Crippen molar-refractivity contribution in [2.45, 2.75) is 26.7 Å². The Kier molecular flexibility index (Phi) is 3.72. The van der Waals surface area contributed by atoms with Gasteiger partial charge in [-0.25, -0.2) is 4.98 Å². The molecular weight excluding hydrogens is 270 g/mol. The average molecular weight is 289 g/mol. The second kappa shape index (κ2) is 5.67. The van der Waals surface area contributed by atoms with Crippen LogP contribution in [0, 0.1) is 12.8 Å². The summed E-state index contributed by atoms with van der Waals surface area (Å²) in [5, 5.41) is 4.49. The second-order valence-electron chi connectivity index (χ2n) is 5.22. The topological polar surface area (TPSA) is 72.6 Å². The van der Waals surface area contributed by atoms with E-state index in [-0.39, 0.29) is 11.9 Å². The summed E-state index contributed by atoms with van der Waals surface area (Å²) < 4.78 is 6.83. The van der Waals surface area contributed by atoms with Crippen molar-refractivity contribution >= 4 is 17.7 Å². The van der Waals surface area contributed by atoms with Gasteiger partial charge in [-0.05, 0) is 32.8 Å². The second-order valence-corrected chi connectivity index (χ2v) is 5.22. The van der Waals surface area contributed by atoms with Crippen molar-refractivity contribution < 1.29 is 9.53 Å². The third-order valence-corrected chi connectivity index (χ3v) is 3.82. The van der Waals surface area contributed by atoms with E-state index in [1.807, 2.05) is 19.9 Å². The number of rotatable bonds is 3. The maximum absolute atomic E-state index is 11.7. The van der Waals surface area contributed by atoms with Crippen LogP contribution in [0.2, 0.25) is 0 Å². The SMILES string of the molecule is CCOC(=O)C1CCN(c2nc3nccc(C)n3n2)CC1. The van der Waals surface area contributed by atoms with Gasteiger partial charge in [0.05, 0.1) is 12.5 Å². The van der Waals surface area contributed by atoms with Crippen LogP contribution < -0.4 is 4.90 Å². The molecule has 0 aromatic carbocycles. The van der Waals surface area contributed by atoms with Gasteiger partial charge in [0.15, 0.2) is 0 Å². The molecule has 112 valence electrons. The highest BCUT2D eigenvalue weighted by Crippen LogP contribution is 2.22. The van der Waals surface area contributed by atoms with Crippen molar-refractivity contribution in [2.24, 2.45) is 5.92 Å². The van der Waals surface area contributed by atoms with E-state index < -0.39 is 0 Å². The van der Waals surface area contributed by atoms with E-state index in [2.05, 4.69) is 20.0 Å². The van der Waals surface area contributed by atoms with Crippen molar-refractivity contribution in [3.8, 4) is 0 Å². The number of ether oxygens (including phenoxy) is 1. The van der Waals surface area contributed by atoms with Crippen LogP contribution >= 0.6 is 0 Å². The first-order valence-corrected chi connectivity index (χ1v) is 7.29. The molecule has 3 rings (SSSR count). The standard InChI is InChI=1S/C14H19N5O2/c1-3-21-12(20)11-5-8-18(9-6-11)14-16-13-15-7-4-10(2)19(13)17-14/h4,7,11H,3,5-6,8-9H2,1-2H3. The predicted molar refractivity (Wildman–Crippen MR) is 77.1 cm³/mol. The van der Waals surface area contributed by atoms with E-state index in [0.717, 1.165) is 31.6 Å². The lowest BCUT2D eigenvalue weighted by Crippen LogP contribution is -2.37. The zero-order valence-corrected chi connectivity index (χ0v) is 12.3. The Hall–Kier alpha value is -2.18. The number of hydrogen-bond donors (Lipinski definition) is 0. The summed E-state index contributed by atoms with van der Waals surface area (Å²) in [6.45, 7) is 5.78. The Balaban J connectivity index is 1.71. The minimum absolute atomic E-state index is 0.00177. The number of carbonyl (C=O) groups is 1. The molecule has 2 aromatic rings. The molecule has 0 amide bonds. The van der Waals surface area contributed by atoms with E-state index in [1.54, 1.807) is 10.7 Å². The molecular formula is C14H19N5O2. The molecule has 3 heterocycles. The lowest BCUT2D eigenvalue weighted by Gasteiger charge is -2.29. The summed E-state index contributed by atoms with van der Waals surface area (Å²) in [5.41, 5.74) is 1.00. The molecule has 21 heavy (non-hydrogen) atoms. The van der Waals surface area contributed by atoms with E-state index in [4.69, 9.17) is 4.74 Å². The van der Waals surface area contributed by atoms with Crippen molar-refractivity contribution in [3.63, 3.8) is 0 Å². The van der Waals surface area contributed by atoms with Crippen molar-refractivity contribution in [2.75, 3.05) is 24.6 Å². The summed E-state index contributed by atoms with van der Waals surface area (Å²) in [5.74, 6) is 1.20. The molecule has 1 fully saturated rings. The molecule has 7 heteroatoms. The van der Waals surface area contributed by atoms with Gasteiger partial charge in [0.1, 0.15) is 0 Å². The largest absolute Gasteiger partial charge is 0.466 e. The Bertz CT molecular complexity index is 646. The van der Waals surface area contributed by atoms with Crippen molar-refractivity contribution in [1.82, 2.24) is 19.6 Å². The molecule has 2 aromatic heterocycles. The van der Waals surface area contributed by atoms with Gasteiger partial charge in [0.25, 0.3) is 5.78 Å². The predicted octanol–water partition coefficient (Wildman–Crippen LogP) is 1.21. The zero-order chi connectivity index (χ0) is 14.8. The van der Waals surface area contributed by atoms with Gasteiger partial charge in [-0.3, -0.25) is 4.79 Å². The third kappa shape index (κ3) is 2.68. The first-order valence-electron chi connectivity index (χ1n) is 7.29. The maximum atomic E-state index is 11.7. The van der Waals surface area contributed by atoms with Crippen LogP contribution in [-0.4, -0.2) is 45.2 Å². The van der Waals surface area contributed by atoms with E-state index >= 15 is 0 Å². The highest BCUT2D eigenvalue weighted by atomic mass is 16.5. The molecule has 0 spiro atoms. The first kappa shape index (κ1) is 13.8. The van der Waals surface area contributed by atoms with Crippen LogP contribution in [0.1, 0.15) is 25.5 Å². The lowest BCUT2D eigenvalue weighted by molar-refractivity contribution is -0.148. The van der Waals surface area contributed by atoms with Gasteiger partial charge in [-0.2, -0.15) is 9.50 Å². The normalized spacial score (nSPS) is 16.4. The number of fused-ring (bicyclic) bond motifs is 1. The average Bonchev–Trinajstić information content (AvgIpc) is 2.93. The fraction of sp³-hybridized carbons (Fsp3) is 0.571. The molecule has 1 aliphatic rings. The van der Waals surface area contributed by atoms with Gasteiger partial charge in [-0.1, -0.05) is 0 Å². The Morgan fingerprint density at radius 2 is 2.19 bits per heavy atom. The molecule has 0 unspecified atom stereocenters. The third-order valence-electron chi connectivity index (χ3n) is 3.82. The monoisotopic (exact) mass is 289 g/mol. The minimum Gasteiger partial charge on any atom is -0.466 e. The summed E-state index contributed by atoms with van der Waals surface area (Å²) in [7, 11) is 0. The van der Waals surface area contributed by atoms with Crippen LogP contribution in [0.25, 0.3) is 5.78 Å². The van der Waals surface area contributed by atoms with Gasteiger partial charge in [-0.15, -0.1) is 5.10 Å². The molecule has 1 saturated heterocycles. The number of piperidine rings is 1. The number of aromatic nitrogens is 4. The summed E-state index contributed by atoms with van der Waals surface area (Å²) >= 11 is 0. The Morgan fingerprint density at radius 1 is 1.43 bits per heavy atom. The number of esters is 1. The molecule has 7 nitrogen and oxygen atoms in total. The number of nitrogens with zero attached hydrogens (tertiary/aromatic N) is 5. The molecule has 0 aliphatic carbocycles. The van der Waals surface area contributed by atoms with E-state index in [1.165, 1.54) is 0 Å². The van der Waals surface area contributed by atoms with Crippen molar-refractivity contribution in [3.05, 3.63) is 18.0 Å². The number of hydrogen-bond acceptors (Lipinski definition) is 6. The molecule has 0 radical (unpaired) electrons. The molecule has 0 atom stereocenters. The zero-order valence-electron chi connectivity index (χ0n) is 12.3. The fourth-order valence-corrected chi connectivity index (χ4v) is 2.61. The van der Waals surface area contributed by atoms with Gasteiger partial charge in [0.2, 0.25) is 5.95 Å². The quantitative estimate of drug-likeness (QED) is 0.791. The lowest BCUT2D eigenvalue weighted by atomic mass is 9.97. The summed E-state index contributed by atoms with van der Waals surface area (Å²) in [6, 6.07) is 1.90. The van der Waals surface area contributed by atoms with Gasteiger partial charge < -0.3 is 9.64 Å². The van der Waals surface area contributed by atoms with Crippen LogP contribution in [0.5, 0.6) is 0 Å². The first-order chi connectivity index (χ1) is 10.2. The van der Waals surface area contributed by atoms with Gasteiger partial charge >= 0.3 is 5.97 Å². The fourth-order valence-electron chi connectivity index (χ4n) is 2.61. The Labute approximate surface area is 122 Å². The summed E-state index contributed by atoms with van der Waals surface area (Å²) in [4.78, 5) is 22.5. The molecule has 0 bridgehead atoms. The number of carbonyl (C=O) groups excluding carboxylic acids is 1. The summed E-state index contributed by atoms with van der Waals surface area (Å²) in [6.07, 6.45) is 3.29. The van der Waals surface area contributed by atoms with Crippen LogP contribution in [0.3, 0.4) is 0 Å². The highest BCUT2D eigenvalue weighted by Gasteiger charge is 2.27. The van der Waals surface area contributed by atoms with E-state index in [9.17, 15) is 4.79 Å². The number of aryl methyl sites for hydroxylation is 1. The van der Waals surface area contributed by atoms with E-state index in [0.29, 0.717) is 18.3 Å². The van der Waals surface area contributed by atoms with Gasteiger partial charge in [0, 0.05) is 25.0 Å². The van der Waals surface area contributed by atoms with Crippen LogP contribution in [0.15, 0.2) is 12.3 Å². The molecule has 0 saturated carbocycles. The maximum Gasteiger partial charge on any atom is 0.309 e. The number of anilines is 1. The van der Waals surface area contributed by atoms with Crippen LogP contribution in [0.4, 0.5) is 5.95 Å². The van der Waals surface area contributed by atoms with Crippen LogP contribution in [-0.2, 0) is 9.53 Å². The minimum atomic E-state index is -0.0855. The molecule has 1 aliphatic heterocycles. The smallest absolute Gasteiger partial charge is 0.309 e. The van der Waals surface area contributed by atoms with Crippen molar-refractivity contribution in [1.29, 1.82) is 0 Å².